The van der Waals surface area contributed by atoms with E-state index in [0.717, 1.165) is 40.9 Å². The summed E-state index contributed by atoms with van der Waals surface area (Å²) in [6, 6.07) is 11.1. The number of amides is 1. The predicted molar refractivity (Wildman–Crippen MR) is 107 cm³/mol. The zero-order chi connectivity index (χ0) is 18.4. The lowest BCUT2D eigenvalue weighted by atomic mass is 10.1. The molecule has 2 aromatic rings. The smallest absolute Gasteiger partial charge is 0.246 e. The van der Waals surface area contributed by atoms with Crippen LogP contribution in [-0.4, -0.2) is 30.5 Å². The van der Waals surface area contributed by atoms with E-state index in [9.17, 15) is 4.79 Å². The van der Waals surface area contributed by atoms with Crippen molar-refractivity contribution in [3.8, 4) is 5.75 Å². The number of benzene rings is 2. The zero-order valence-corrected chi connectivity index (χ0v) is 17.2. The van der Waals surface area contributed by atoms with Crippen LogP contribution in [0, 0.1) is 0 Å². The molecule has 4 nitrogen and oxygen atoms in total. The van der Waals surface area contributed by atoms with Gasteiger partial charge in [0.2, 0.25) is 5.91 Å². The fraction of sp³-hybridized carbons (Fsp3) is 0.316. The van der Waals surface area contributed by atoms with E-state index in [1.165, 1.54) is 0 Å². The largest absolute Gasteiger partial charge is 0.496 e. The SMILES string of the molecule is COc1ccc(Br)cc1C1N(c2ccc(Cl)c(Cl)c2)C(=O)C2CCCN21. The van der Waals surface area contributed by atoms with Gasteiger partial charge in [0, 0.05) is 22.3 Å². The van der Waals surface area contributed by atoms with Crippen LogP contribution in [0.25, 0.3) is 0 Å². The molecule has 2 fully saturated rings. The standard InChI is InChI=1S/C19H17BrCl2N2O2/c1-26-17-7-4-11(20)9-13(17)18-23-8-2-3-16(23)19(25)24(18)12-5-6-14(21)15(22)10-12/h4-7,9-10,16,18H,2-3,8H2,1H3. The summed E-state index contributed by atoms with van der Waals surface area (Å²) in [5.41, 5.74) is 1.69. The van der Waals surface area contributed by atoms with Gasteiger partial charge >= 0.3 is 0 Å². The molecular formula is C19H17BrCl2N2O2. The third-order valence-electron chi connectivity index (χ3n) is 5.03. The molecule has 1 amide bonds. The van der Waals surface area contributed by atoms with Gasteiger partial charge in [-0.15, -0.1) is 0 Å². The van der Waals surface area contributed by atoms with Gasteiger partial charge in [-0.3, -0.25) is 14.6 Å². The van der Waals surface area contributed by atoms with E-state index in [-0.39, 0.29) is 18.1 Å². The maximum absolute atomic E-state index is 13.2. The highest BCUT2D eigenvalue weighted by Crippen LogP contribution is 2.46. The van der Waals surface area contributed by atoms with Crippen molar-refractivity contribution in [1.82, 2.24) is 4.90 Å². The molecule has 2 aliphatic rings. The van der Waals surface area contributed by atoms with E-state index >= 15 is 0 Å². The number of halogens is 3. The lowest BCUT2D eigenvalue weighted by Gasteiger charge is -2.31. The Morgan fingerprint density at radius 3 is 2.69 bits per heavy atom. The van der Waals surface area contributed by atoms with E-state index in [0.29, 0.717) is 10.0 Å². The van der Waals surface area contributed by atoms with E-state index in [4.69, 9.17) is 27.9 Å². The Kier molecular flexibility index (Phi) is 4.90. The molecule has 2 heterocycles. The van der Waals surface area contributed by atoms with Crippen molar-refractivity contribution in [2.24, 2.45) is 0 Å². The molecule has 0 bridgehead atoms. The van der Waals surface area contributed by atoms with Crippen molar-refractivity contribution in [2.45, 2.75) is 25.0 Å². The number of carbonyl (C=O) groups is 1. The minimum absolute atomic E-state index is 0.0907. The number of rotatable bonds is 3. The molecule has 2 atom stereocenters. The van der Waals surface area contributed by atoms with E-state index in [1.54, 1.807) is 19.2 Å². The van der Waals surface area contributed by atoms with E-state index in [1.807, 2.05) is 29.2 Å². The quantitative estimate of drug-likeness (QED) is 0.631. The van der Waals surface area contributed by atoms with Crippen molar-refractivity contribution in [2.75, 3.05) is 18.6 Å². The molecule has 136 valence electrons. The number of carbonyl (C=O) groups excluding carboxylic acids is 1. The van der Waals surface area contributed by atoms with Crippen molar-refractivity contribution in [3.63, 3.8) is 0 Å². The molecule has 0 spiro atoms. The van der Waals surface area contributed by atoms with Crippen LogP contribution in [-0.2, 0) is 4.79 Å². The summed E-state index contributed by atoms with van der Waals surface area (Å²) in [6.45, 7) is 0.870. The molecule has 26 heavy (non-hydrogen) atoms. The van der Waals surface area contributed by atoms with Gasteiger partial charge in [-0.25, -0.2) is 0 Å². The fourth-order valence-corrected chi connectivity index (χ4v) is 4.58. The first-order chi connectivity index (χ1) is 12.5. The average Bonchev–Trinajstić information content (AvgIpc) is 3.20. The molecule has 2 unspecified atom stereocenters. The van der Waals surface area contributed by atoms with Crippen LogP contribution in [0.3, 0.4) is 0 Å². The highest BCUT2D eigenvalue weighted by Gasteiger charge is 2.50. The van der Waals surface area contributed by atoms with Crippen LogP contribution in [0.15, 0.2) is 40.9 Å². The van der Waals surface area contributed by atoms with Gasteiger partial charge in [-0.1, -0.05) is 39.1 Å². The molecule has 0 aliphatic carbocycles. The summed E-state index contributed by atoms with van der Waals surface area (Å²) in [5.74, 6) is 0.844. The number of fused-ring (bicyclic) bond motifs is 1. The number of ether oxygens (including phenoxy) is 1. The lowest BCUT2D eigenvalue weighted by Crippen LogP contribution is -2.32. The van der Waals surface area contributed by atoms with Crippen molar-refractivity contribution >= 4 is 50.7 Å². The molecule has 7 heteroatoms. The summed E-state index contributed by atoms with van der Waals surface area (Å²) in [4.78, 5) is 17.3. The number of anilines is 1. The second-order valence-corrected chi connectivity index (χ2v) is 8.19. The first-order valence-corrected chi connectivity index (χ1v) is 9.93. The van der Waals surface area contributed by atoms with E-state index < -0.39 is 0 Å². The van der Waals surface area contributed by atoms with Crippen molar-refractivity contribution in [1.29, 1.82) is 0 Å². The van der Waals surface area contributed by atoms with Gasteiger partial charge in [0.15, 0.2) is 0 Å². The Morgan fingerprint density at radius 1 is 1.15 bits per heavy atom. The van der Waals surface area contributed by atoms with E-state index in [2.05, 4.69) is 20.8 Å². The first-order valence-electron chi connectivity index (χ1n) is 8.38. The molecule has 2 aliphatic heterocycles. The van der Waals surface area contributed by atoms with Crippen LogP contribution in [0.4, 0.5) is 5.69 Å². The molecule has 0 radical (unpaired) electrons. The fourth-order valence-electron chi connectivity index (χ4n) is 3.90. The van der Waals surface area contributed by atoms with Gasteiger partial charge < -0.3 is 4.74 Å². The predicted octanol–water partition coefficient (Wildman–Crippen LogP) is 5.27. The number of methoxy groups -OCH3 is 1. The van der Waals surface area contributed by atoms with Crippen LogP contribution in [0.5, 0.6) is 5.75 Å². The molecular weight excluding hydrogens is 439 g/mol. The summed E-state index contributed by atoms with van der Waals surface area (Å²) in [5, 5.41) is 0.906. The van der Waals surface area contributed by atoms with Crippen LogP contribution in [0.2, 0.25) is 10.0 Å². The Balaban J connectivity index is 1.87. The Morgan fingerprint density at radius 2 is 1.96 bits per heavy atom. The summed E-state index contributed by atoms with van der Waals surface area (Å²) < 4.78 is 6.53. The first kappa shape index (κ1) is 18.1. The van der Waals surface area contributed by atoms with Crippen LogP contribution >= 0.6 is 39.1 Å². The zero-order valence-electron chi connectivity index (χ0n) is 14.1. The average molecular weight is 456 g/mol. The maximum atomic E-state index is 13.2. The molecule has 2 saturated heterocycles. The Labute approximate surface area is 170 Å². The number of hydrogen-bond donors (Lipinski definition) is 0. The van der Waals surface area contributed by atoms with Gasteiger partial charge in [0.25, 0.3) is 0 Å². The highest BCUT2D eigenvalue weighted by molar-refractivity contribution is 9.10. The molecule has 0 saturated carbocycles. The molecule has 2 aromatic carbocycles. The van der Waals surface area contributed by atoms with Gasteiger partial charge in [-0.2, -0.15) is 0 Å². The lowest BCUT2D eigenvalue weighted by molar-refractivity contribution is -0.119. The van der Waals surface area contributed by atoms with Gasteiger partial charge in [0.1, 0.15) is 11.9 Å². The van der Waals surface area contributed by atoms with Gasteiger partial charge in [0.05, 0.1) is 23.2 Å². The van der Waals surface area contributed by atoms with Gasteiger partial charge in [-0.05, 0) is 49.2 Å². The minimum Gasteiger partial charge on any atom is -0.496 e. The third-order valence-corrected chi connectivity index (χ3v) is 6.26. The molecule has 4 rings (SSSR count). The second-order valence-electron chi connectivity index (χ2n) is 6.46. The van der Waals surface area contributed by atoms with Crippen LogP contribution in [0.1, 0.15) is 24.6 Å². The normalized spacial score (nSPS) is 22.8. The number of nitrogens with zero attached hydrogens (tertiary/aromatic N) is 2. The minimum atomic E-state index is -0.236. The Hall–Kier alpha value is -1.27. The molecule has 0 aromatic heterocycles. The Bertz CT molecular complexity index is 877. The van der Waals surface area contributed by atoms with Crippen molar-refractivity contribution in [3.05, 3.63) is 56.5 Å². The topological polar surface area (TPSA) is 32.8 Å². The third kappa shape index (κ3) is 2.91. The monoisotopic (exact) mass is 454 g/mol. The molecule has 0 N–H and O–H groups in total. The summed E-state index contributed by atoms with van der Waals surface area (Å²) in [6.07, 6.45) is 1.64. The van der Waals surface area contributed by atoms with Crippen molar-refractivity contribution < 1.29 is 9.53 Å². The highest BCUT2D eigenvalue weighted by atomic mass is 79.9. The summed E-state index contributed by atoms with van der Waals surface area (Å²) >= 11 is 15.8. The maximum Gasteiger partial charge on any atom is 0.246 e. The summed E-state index contributed by atoms with van der Waals surface area (Å²) in [7, 11) is 1.65. The number of hydrogen-bond acceptors (Lipinski definition) is 3. The second kappa shape index (κ2) is 7.04. The van der Waals surface area contributed by atoms with Crippen LogP contribution < -0.4 is 9.64 Å².